The van der Waals surface area contributed by atoms with Gasteiger partial charge in [0.1, 0.15) is 11.5 Å². The molecule has 3 aromatic rings. The lowest BCUT2D eigenvalue weighted by atomic mass is 10.0. The van der Waals surface area contributed by atoms with E-state index in [2.05, 4.69) is 4.98 Å². The summed E-state index contributed by atoms with van der Waals surface area (Å²) in [5.41, 5.74) is 1.98. The van der Waals surface area contributed by atoms with Gasteiger partial charge in [-0.2, -0.15) is 0 Å². The minimum atomic E-state index is -1.59. The fourth-order valence-electron chi connectivity index (χ4n) is 2.25. The summed E-state index contributed by atoms with van der Waals surface area (Å²) in [6.07, 6.45) is 1.41. The van der Waals surface area contributed by atoms with Gasteiger partial charge in [-0.1, -0.05) is 29.8 Å². The summed E-state index contributed by atoms with van der Waals surface area (Å²) in [7, 11) is 0. The molecule has 2 aromatic carbocycles. The summed E-state index contributed by atoms with van der Waals surface area (Å²) in [6.45, 7) is 1.93. The smallest absolute Gasteiger partial charge is 0.194 e. The summed E-state index contributed by atoms with van der Waals surface area (Å²) in [4.78, 5) is 3.93. The molecule has 0 fully saturated rings. The van der Waals surface area contributed by atoms with Gasteiger partial charge in [-0.3, -0.25) is 4.98 Å². The molecule has 23 heavy (non-hydrogen) atoms. The maximum absolute atomic E-state index is 14.3. The van der Waals surface area contributed by atoms with Crippen LogP contribution in [0.5, 0.6) is 0 Å². The van der Waals surface area contributed by atoms with Crippen LogP contribution >= 0.6 is 0 Å². The van der Waals surface area contributed by atoms with Gasteiger partial charge >= 0.3 is 0 Å². The fourth-order valence-corrected chi connectivity index (χ4v) is 2.25. The first-order valence-electron chi connectivity index (χ1n) is 6.83. The Morgan fingerprint density at radius 1 is 0.696 bits per heavy atom. The highest BCUT2D eigenvalue weighted by Crippen LogP contribution is 2.27. The molecular weight excluding hydrogens is 306 g/mol. The molecule has 1 nitrogen and oxygen atoms in total. The van der Waals surface area contributed by atoms with Crippen molar-refractivity contribution in [1.82, 2.24) is 4.98 Å². The molecule has 0 aliphatic carbocycles. The first-order valence-corrected chi connectivity index (χ1v) is 6.83. The molecule has 0 N–H and O–H groups in total. The van der Waals surface area contributed by atoms with Crippen LogP contribution in [-0.2, 0) is 0 Å². The number of hydrogen-bond donors (Lipinski definition) is 0. The molecule has 1 aromatic heterocycles. The zero-order valence-electron chi connectivity index (χ0n) is 12.1. The standard InChI is InChI=1S/C18H11F4N/c1-10-2-4-11(5-3-10)13-8-16(21)18(23-9-13)12-6-14(19)17(22)15(20)7-12/h2-9H,1H3. The Hall–Kier alpha value is -2.69. The Morgan fingerprint density at radius 2 is 1.26 bits per heavy atom. The predicted molar refractivity (Wildman–Crippen MR) is 79.7 cm³/mol. The quantitative estimate of drug-likeness (QED) is 0.463. The minimum Gasteiger partial charge on any atom is -0.253 e. The van der Waals surface area contributed by atoms with Gasteiger partial charge in [0.15, 0.2) is 17.5 Å². The van der Waals surface area contributed by atoms with Crippen molar-refractivity contribution in [1.29, 1.82) is 0 Å². The van der Waals surface area contributed by atoms with Gasteiger partial charge in [-0.05, 0) is 30.7 Å². The zero-order chi connectivity index (χ0) is 16.6. The van der Waals surface area contributed by atoms with Gasteiger partial charge in [0, 0.05) is 17.3 Å². The van der Waals surface area contributed by atoms with Crippen molar-refractivity contribution in [2.75, 3.05) is 0 Å². The number of hydrogen-bond acceptors (Lipinski definition) is 1. The monoisotopic (exact) mass is 317 g/mol. The Balaban J connectivity index is 2.04. The fraction of sp³-hybridized carbons (Fsp3) is 0.0556. The number of nitrogens with zero attached hydrogens (tertiary/aromatic N) is 1. The van der Waals surface area contributed by atoms with Crippen molar-refractivity contribution in [3.05, 3.63) is 77.5 Å². The number of pyridine rings is 1. The van der Waals surface area contributed by atoms with E-state index >= 15 is 0 Å². The van der Waals surface area contributed by atoms with Crippen LogP contribution in [-0.4, -0.2) is 4.98 Å². The highest BCUT2D eigenvalue weighted by atomic mass is 19.2. The van der Waals surface area contributed by atoms with E-state index < -0.39 is 23.3 Å². The molecule has 0 saturated carbocycles. The molecular formula is C18H11F4N. The molecule has 0 spiro atoms. The van der Waals surface area contributed by atoms with E-state index in [1.165, 1.54) is 12.3 Å². The Bertz CT molecular complexity index is 850. The topological polar surface area (TPSA) is 12.9 Å². The summed E-state index contributed by atoms with van der Waals surface area (Å²) in [6, 6.07) is 10.1. The molecule has 0 unspecified atom stereocenters. The number of aromatic nitrogens is 1. The Morgan fingerprint density at radius 3 is 1.83 bits per heavy atom. The van der Waals surface area contributed by atoms with E-state index in [0.29, 0.717) is 5.56 Å². The third-order valence-electron chi connectivity index (χ3n) is 3.48. The first kappa shape index (κ1) is 15.2. The van der Waals surface area contributed by atoms with Crippen LogP contribution in [0.1, 0.15) is 5.56 Å². The summed E-state index contributed by atoms with van der Waals surface area (Å²) in [5, 5.41) is 0. The number of benzene rings is 2. The van der Waals surface area contributed by atoms with Crippen molar-refractivity contribution in [3.8, 4) is 22.4 Å². The maximum Gasteiger partial charge on any atom is 0.194 e. The van der Waals surface area contributed by atoms with Crippen molar-refractivity contribution in [2.24, 2.45) is 0 Å². The molecule has 0 atom stereocenters. The van der Waals surface area contributed by atoms with Crippen LogP contribution in [0.3, 0.4) is 0 Å². The average molecular weight is 317 g/mol. The summed E-state index contributed by atoms with van der Waals surface area (Å²) >= 11 is 0. The third kappa shape index (κ3) is 2.95. The highest BCUT2D eigenvalue weighted by Gasteiger charge is 2.15. The van der Waals surface area contributed by atoms with Crippen molar-refractivity contribution in [2.45, 2.75) is 6.92 Å². The zero-order valence-corrected chi connectivity index (χ0v) is 12.1. The molecule has 0 aliphatic heterocycles. The van der Waals surface area contributed by atoms with Crippen molar-refractivity contribution >= 4 is 0 Å². The predicted octanol–water partition coefficient (Wildman–Crippen LogP) is 5.28. The second kappa shape index (κ2) is 5.83. The summed E-state index contributed by atoms with van der Waals surface area (Å²) in [5.74, 6) is -5.11. The lowest BCUT2D eigenvalue weighted by Crippen LogP contribution is -1.96. The number of halogens is 4. The van der Waals surface area contributed by atoms with Crippen LogP contribution < -0.4 is 0 Å². The Labute approximate surface area is 130 Å². The third-order valence-corrected chi connectivity index (χ3v) is 3.48. The first-order chi connectivity index (χ1) is 11.0. The molecule has 0 amide bonds. The van der Waals surface area contributed by atoms with Gasteiger partial charge in [-0.25, -0.2) is 17.6 Å². The largest absolute Gasteiger partial charge is 0.253 e. The second-order valence-electron chi connectivity index (χ2n) is 5.17. The molecule has 3 rings (SSSR count). The van der Waals surface area contributed by atoms with Crippen LogP contribution in [0.4, 0.5) is 17.6 Å². The molecule has 0 saturated heterocycles. The van der Waals surface area contributed by atoms with E-state index in [4.69, 9.17) is 0 Å². The molecule has 0 aliphatic rings. The van der Waals surface area contributed by atoms with Gasteiger partial charge in [0.2, 0.25) is 0 Å². The van der Waals surface area contributed by atoms with Crippen LogP contribution in [0, 0.1) is 30.2 Å². The molecule has 5 heteroatoms. The van der Waals surface area contributed by atoms with Gasteiger partial charge in [-0.15, -0.1) is 0 Å². The van der Waals surface area contributed by atoms with Crippen molar-refractivity contribution < 1.29 is 17.6 Å². The van der Waals surface area contributed by atoms with Gasteiger partial charge in [0.05, 0.1) is 0 Å². The summed E-state index contributed by atoms with van der Waals surface area (Å²) < 4.78 is 53.8. The van der Waals surface area contributed by atoms with E-state index in [0.717, 1.165) is 23.3 Å². The molecule has 0 radical (unpaired) electrons. The number of aryl methyl sites for hydroxylation is 1. The average Bonchev–Trinajstić information content (AvgIpc) is 2.53. The van der Waals surface area contributed by atoms with E-state index in [-0.39, 0.29) is 11.3 Å². The van der Waals surface area contributed by atoms with E-state index in [1.54, 1.807) is 0 Å². The molecule has 1 heterocycles. The lowest BCUT2D eigenvalue weighted by molar-refractivity contribution is 0.447. The normalized spacial score (nSPS) is 10.8. The van der Waals surface area contributed by atoms with Crippen LogP contribution in [0.25, 0.3) is 22.4 Å². The van der Waals surface area contributed by atoms with Crippen LogP contribution in [0.15, 0.2) is 48.7 Å². The van der Waals surface area contributed by atoms with Gasteiger partial charge < -0.3 is 0 Å². The lowest BCUT2D eigenvalue weighted by Gasteiger charge is -2.07. The minimum absolute atomic E-state index is 0.158. The van der Waals surface area contributed by atoms with E-state index in [9.17, 15) is 17.6 Å². The second-order valence-corrected chi connectivity index (χ2v) is 5.17. The van der Waals surface area contributed by atoms with Crippen LogP contribution in [0.2, 0.25) is 0 Å². The SMILES string of the molecule is Cc1ccc(-c2cnc(-c3cc(F)c(F)c(F)c3)c(F)c2)cc1. The number of rotatable bonds is 2. The maximum atomic E-state index is 14.3. The highest BCUT2D eigenvalue weighted by molar-refractivity contribution is 5.67. The Kier molecular flexibility index (Phi) is 3.86. The molecule has 116 valence electrons. The van der Waals surface area contributed by atoms with Crippen molar-refractivity contribution in [3.63, 3.8) is 0 Å². The molecule has 0 bridgehead atoms. The van der Waals surface area contributed by atoms with Gasteiger partial charge in [0.25, 0.3) is 0 Å². The van der Waals surface area contributed by atoms with E-state index in [1.807, 2.05) is 31.2 Å².